The van der Waals surface area contributed by atoms with Crippen molar-refractivity contribution in [3.8, 4) is 0 Å². The Hall–Kier alpha value is -1.03. The number of rotatable bonds is 2. The molecule has 1 nitrogen and oxygen atoms in total. The second kappa shape index (κ2) is 5.08. The molecular formula is C13H16F3N. The Morgan fingerprint density at radius 2 is 2.00 bits per heavy atom. The zero-order valence-electron chi connectivity index (χ0n) is 9.77. The van der Waals surface area contributed by atoms with Crippen LogP contribution >= 0.6 is 0 Å². The molecule has 2 rings (SSSR count). The number of piperidine rings is 1. The summed E-state index contributed by atoms with van der Waals surface area (Å²) in [5, 5.41) is 3.16. The first kappa shape index (κ1) is 12.4. The van der Waals surface area contributed by atoms with Gasteiger partial charge in [-0.05, 0) is 31.4 Å². The van der Waals surface area contributed by atoms with Gasteiger partial charge in [-0.15, -0.1) is 0 Å². The summed E-state index contributed by atoms with van der Waals surface area (Å²) < 4.78 is 39.6. The second-order valence-corrected chi connectivity index (χ2v) is 4.57. The van der Waals surface area contributed by atoms with Crippen LogP contribution in [0, 0.1) is 23.4 Å². The molecule has 0 radical (unpaired) electrons. The molecule has 0 saturated carbocycles. The molecule has 1 fully saturated rings. The molecule has 94 valence electrons. The Morgan fingerprint density at radius 3 is 2.71 bits per heavy atom. The summed E-state index contributed by atoms with van der Waals surface area (Å²) in [6.07, 6.45) is 2.86. The normalized spacial score (nSPS) is 24.9. The maximum absolute atomic E-state index is 13.6. The van der Waals surface area contributed by atoms with Gasteiger partial charge in [0.2, 0.25) is 0 Å². The Labute approximate surface area is 99.0 Å². The molecule has 1 saturated heterocycles. The summed E-state index contributed by atoms with van der Waals surface area (Å²) in [5.74, 6) is -3.04. The van der Waals surface area contributed by atoms with Crippen LogP contribution in [0.25, 0.3) is 0 Å². The highest BCUT2D eigenvalue weighted by atomic mass is 19.2. The lowest BCUT2D eigenvalue weighted by molar-refractivity contribution is 0.291. The Bertz CT molecular complexity index is 406. The van der Waals surface area contributed by atoms with Crippen molar-refractivity contribution in [2.75, 3.05) is 6.54 Å². The van der Waals surface area contributed by atoms with Gasteiger partial charge < -0.3 is 5.32 Å². The van der Waals surface area contributed by atoms with Gasteiger partial charge >= 0.3 is 0 Å². The molecule has 0 amide bonds. The maximum atomic E-state index is 13.6. The number of hydrogen-bond acceptors (Lipinski definition) is 1. The molecule has 0 aliphatic carbocycles. The van der Waals surface area contributed by atoms with Crippen LogP contribution in [-0.4, -0.2) is 6.54 Å². The van der Waals surface area contributed by atoms with E-state index in [2.05, 4.69) is 12.2 Å². The quantitative estimate of drug-likeness (QED) is 0.783. The van der Waals surface area contributed by atoms with Gasteiger partial charge in [0.1, 0.15) is 0 Å². The first-order valence-electron chi connectivity index (χ1n) is 6.00. The first-order valence-corrected chi connectivity index (χ1v) is 6.00. The Morgan fingerprint density at radius 1 is 1.24 bits per heavy atom. The fourth-order valence-corrected chi connectivity index (χ4v) is 2.41. The van der Waals surface area contributed by atoms with Crippen LogP contribution in [0.2, 0.25) is 0 Å². The van der Waals surface area contributed by atoms with Crippen molar-refractivity contribution < 1.29 is 13.2 Å². The van der Waals surface area contributed by atoms with E-state index in [1.807, 2.05) is 0 Å². The van der Waals surface area contributed by atoms with E-state index in [1.165, 1.54) is 6.07 Å². The lowest BCUT2D eigenvalue weighted by atomic mass is 9.87. The molecule has 1 aromatic rings. The van der Waals surface area contributed by atoms with E-state index in [1.54, 1.807) is 0 Å². The molecule has 1 N–H and O–H groups in total. The number of hydrogen-bond donors (Lipinski definition) is 1. The zero-order valence-corrected chi connectivity index (χ0v) is 9.77. The number of benzene rings is 1. The van der Waals surface area contributed by atoms with Crippen LogP contribution in [0.3, 0.4) is 0 Å². The van der Waals surface area contributed by atoms with Crippen LogP contribution in [0.5, 0.6) is 0 Å². The lowest BCUT2D eigenvalue weighted by Crippen LogP contribution is -2.32. The highest BCUT2D eigenvalue weighted by Crippen LogP contribution is 2.31. The third-order valence-electron chi connectivity index (χ3n) is 3.53. The van der Waals surface area contributed by atoms with E-state index in [0.29, 0.717) is 5.92 Å². The first-order chi connectivity index (χ1) is 8.13. The molecule has 0 spiro atoms. The van der Waals surface area contributed by atoms with Crippen LogP contribution in [0.15, 0.2) is 12.1 Å². The molecule has 1 heterocycles. The smallest absolute Gasteiger partial charge is 0.194 e. The van der Waals surface area contributed by atoms with E-state index in [-0.39, 0.29) is 11.6 Å². The highest BCUT2D eigenvalue weighted by Gasteiger charge is 2.25. The number of halogens is 3. The van der Waals surface area contributed by atoms with Crippen LogP contribution < -0.4 is 5.32 Å². The van der Waals surface area contributed by atoms with Crippen LogP contribution in [0.4, 0.5) is 13.2 Å². The molecule has 2 unspecified atom stereocenters. The van der Waals surface area contributed by atoms with E-state index in [9.17, 15) is 13.2 Å². The van der Waals surface area contributed by atoms with Crippen LogP contribution in [0.1, 0.15) is 37.8 Å². The molecule has 17 heavy (non-hydrogen) atoms. The molecule has 0 aromatic heterocycles. The SMILES string of the molecule is CCC1CCNC(c2ccc(F)c(F)c2F)C1. The van der Waals surface area contributed by atoms with Crippen molar-refractivity contribution in [3.63, 3.8) is 0 Å². The Kier molecular flexibility index (Phi) is 3.72. The van der Waals surface area contributed by atoms with Gasteiger partial charge in [0.15, 0.2) is 17.5 Å². The zero-order chi connectivity index (χ0) is 12.4. The summed E-state index contributed by atoms with van der Waals surface area (Å²) in [4.78, 5) is 0. The van der Waals surface area contributed by atoms with Crippen molar-refractivity contribution in [1.82, 2.24) is 5.32 Å². The fourth-order valence-electron chi connectivity index (χ4n) is 2.41. The van der Waals surface area contributed by atoms with Gasteiger partial charge in [-0.2, -0.15) is 0 Å². The molecule has 1 aliphatic rings. The van der Waals surface area contributed by atoms with Gasteiger partial charge in [0.25, 0.3) is 0 Å². The van der Waals surface area contributed by atoms with Crippen molar-refractivity contribution in [3.05, 3.63) is 35.1 Å². The molecule has 0 bridgehead atoms. The van der Waals surface area contributed by atoms with E-state index >= 15 is 0 Å². The minimum atomic E-state index is -1.37. The molecular weight excluding hydrogens is 227 g/mol. The summed E-state index contributed by atoms with van der Waals surface area (Å²) >= 11 is 0. The second-order valence-electron chi connectivity index (χ2n) is 4.57. The maximum Gasteiger partial charge on any atom is 0.194 e. The average Bonchev–Trinajstić information content (AvgIpc) is 2.36. The van der Waals surface area contributed by atoms with E-state index in [0.717, 1.165) is 31.9 Å². The highest BCUT2D eigenvalue weighted by molar-refractivity contribution is 5.24. The molecule has 4 heteroatoms. The molecule has 2 atom stereocenters. The van der Waals surface area contributed by atoms with Crippen molar-refractivity contribution in [2.24, 2.45) is 5.92 Å². The number of nitrogens with one attached hydrogen (secondary N) is 1. The largest absolute Gasteiger partial charge is 0.310 e. The standard InChI is InChI=1S/C13H16F3N/c1-2-8-5-6-17-11(7-8)9-3-4-10(14)13(16)12(9)15/h3-4,8,11,17H,2,5-7H2,1H3. The van der Waals surface area contributed by atoms with Gasteiger partial charge in [-0.1, -0.05) is 19.4 Å². The molecule has 1 aliphatic heterocycles. The van der Waals surface area contributed by atoms with E-state index in [4.69, 9.17) is 0 Å². The average molecular weight is 243 g/mol. The fraction of sp³-hybridized carbons (Fsp3) is 0.538. The van der Waals surface area contributed by atoms with Crippen molar-refractivity contribution in [2.45, 2.75) is 32.2 Å². The van der Waals surface area contributed by atoms with Crippen molar-refractivity contribution in [1.29, 1.82) is 0 Å². The predicted octanol–water partition coefficient (Wildman–Crippen LogP) is 3.55. The monoisotopic (exact) mass is 243 g/mol. The topological polar surface area (TPSA) is 12.0 Å². The minimum Gasteiger partial charge on any atom is -0.310 e. The Balaban J connectivity index is 2.25. The minimum absolute atomic E-state index is 0.205. The van der Waals surface area contributed by atoms with Gasteiger partial charge in [-0.3, -0.25) is 0 Å². The van der Waals surface area contributed by atoms with Crippen molar-refractivity contribution >= 4 is 0 Å². The lowest BCUT2D eigenvalue weighted by Gasteiger charge is -2.30. The predicted molar refractivity (Wildman–Crippen MR) is 60.1 cm³/mol. The van der Waals surface area contributed by atoms with E-state index < -0.39 is 17.5 Å². The van der Waals surface area contributed by atoms with Crippen LogP contribution in [-0.2, 0) is 0 Å². The van der Waals surface area contributed by atoms with Gasteiger partial charge in [0, 0.05) is 11.6 Å². The third kappa shape index (κ3) is 2.46. The van der Waals surface area contributed by atoms with Gasteiger partial charge in [0.05, 0.1) is 0 Å². The third-order valence-corrected chi connectivity index (χ3v) is 3.53. The molecule has 1 aromatic carbocycles. The summed E-state index contributed by atoms with van der Waals surface area (Å²) in [7, 11) is 0. The summed E-state index contributed by atoms with van der Waals surface area (Å²) in [6.45, 7) is 2.89. The summed E-state index contributed by atoms with van der Waals surface area (Å²) in [6, 6.07) is 2.12. The van der Waals surface area contributed by atoms with Gasteiger partial charge in [-0.25, -0.2) is 13.2 Å². The summed E-state index contributed by atoms with van der Waals surface area (Å²) in [5.41, 5.74) is 0.238.